The number of carbonyl (C=O) groups is 1. The first kappa shape index (κ1) is 17.5. The van der Waals surface area contributed by atoms with Crippen LogP contribution in [0, 0.1) is 13.8 Å². The zero-order chi connectivity index (χ0) is 18.8. The summed E-state index contributed by atoms with van der Waals surface area (Å²) in [6, 6.07) is 15.6. The van der Waals surface area contributed by atoms with Gasteiger partial charge in [0.2, 0.25) is 11.7 Å². The maximum absolute atomic E-state index is 13.0. The summed E-state index contributed by atoms with van der Waals surface area (Å²) in [4.78, 5) is 19.5. The fourth-order valence-corrected chi connectivity index (χ4v) is 3.48. The Kier molecular flexibility index (Phi) is 4.75. The molecule has 1 aliphatic heterocycles. The Morgan fingerprint density at radius 3 is 2.37 bits per heavy atom. The molecule has 1 aromatic heterocycles. The third-order valence-corrected chi connectivity index (χ3v) is 5.10. The molecule has 0 radical (unpaired) electrons. The van der Waals surface area contributed by atoms with Crippen molar-refractivity contribution in [1.82, 2.24) is 15.0 Å². The molecular formula is C22H23N3O2. The Morgan fingerprint density at radius 2 is 1.67 bits per heavy atom. The Morgan fingerprint density at radius 1 is 1.00 bits per heavy atom. The van der Waals surface area contributed by atoms with Crippen molar-refractivity contribution in [2.75, 3.05) is 6.54 Å². The van der Waals surface area contributed by atoms with Crippen LogP contribution < -0.4 is 0 Å². The number of aryl methyl sites for hydroxylation is 2. The van der Waals surface area contributed by atoms with Crippen LogP contribution in [0.5, 0.6) is 0 Å². The second-order valence-corrected chi connectivity index (χ2v) is 7.20. The first-order chi connectivity index (χ1) is 13.1. The Bertz CT molecular complexity index is 929. The lowest BCUT2D eigenvalue weighted by Gasteiger charge is -2.33. The molecule has 0 N–H and O–H groups in total. The van der Waals surface area contributed by atoms with E-state index in [9.17, 15) is 4.79 Å². The van der Waals surface area contributed by atoms with E-state index in [1.54, 1.807) is 0 Å². The van der Waals surface area contributed by atoms with E-state index in [0.29, 0.717) is 23.8 Å². The van der Waals surface area contributed by atoms with Gasteiger partial charge in [0.05, 0.1) is 0 Å². The molecule has 1 saturated heterocycles. The van der Waals surface area contributed by atoms with Crippen molar-refractivity contribution in [3.05, 3.63) is 71.1 Å². The molecule has 0 spiro atoms. The summed E-state index contributed by atoms with van der Waals surface area (Å²) in [5.74, 6) is 1.11. The Hall–Kier alpha value is -2.95. The zero-order valence-electron chi connectivity index (χ0n) is 15.7. The molecule has 1 atom stereocenters. The van der Waals surface area contributed by atoms with Crippen molar-refractivity contribution >= 4 is 5.91 Å². The van der Waals surface area contributed by atoms with E-state index in [1.807, 2.05) is 67.3 Å². The minimum absolute atomic E-state index is 0.0229. The third-order valence-electron chi connectivity index (χ3n) is 5.10. The van der Waals surface area contributed by atoms with Crippen LogP contribution in [0.15, 0.2) is 53.1 Å². The van der Waals surface area contributed by atoms with Crippen molar-refractivity contribution in [2.45, 2.75) is 39.2 Å². The molecule has 1 aliphatic rings. The number of hydrogen-bond donors (Lipinski definition) is 0. The zero-order valence-corrected chi connectivity index (χ0v) is 15.7. The lowest BCUT2D eigenvalue weighted by Crippen LogP contribution is -2.38. The maximum Gasteiger partial charge on any atom is 0.254 e. The van der Waals surface area contributed by atoms with E-state index in [4.69, 9.17) is 4.52 Å². The highest BCUT2D eigenvalue weighted by molar-refractivity contribution is 5.94. The quantitative estimate of drug-likeness (QED) is 0.677. The lowest BCUT2D eigenvalue weighted by molar-refractivity contribution is 0.0561. The molecule has 5 nitrogen and oxygen atoms in total. The lowest BCUT2D eigenvalue weighted by atomic mass is 10.0. The molecule has 27 heavy (non-hydrogen) atoms. The maximum atomic E-state index is 13.0. The number of piperidine rings is 1. The molecular weight excluding hydrogens is 338 g/mol. The second-order valence-electron chi connectivity index (χ2n) is 7.20. The molecule has 0 bridgehead atoms. The van der Waals surface area contributed by atoms with Crippen LogP contribution in [0.1, 0.15) is 52.7 Å². The van der Waals surface area contributed by atoms with Crippen LogP contribution in [0.2, 0.25) is 0 Å². The number of rotatable bonds is 3. The summed E-state index contributed by atoms with van der Waals surface area (Å²) in [5.41, 5.74) is 3.94. The van der Waals surface area contributed by atoms with Crippen LogP contribution in [0.25, 0.3) is 11.4 Å². The van der Waals surface area contributed by atoms with E-state index >= 15 is 0 Å². The summed E-state index contributed by atoms with van der Waals surface area (Å²) >= 11 is 0. The van der Waals surface area contributed by atoms with Crippen LogP contribution >= 0.6 is 0 Å². The van der Waals surface area contributed by atoms with E-state index in [-0.39, 0.29) is 11.9 Å². The van der Waals surface area contributed by atoms with E-state index < -0.39 is 0 Å². The van der Waals surface area contributed by atoms with Gasteiger partial charge in [0, 0.05) is 17.7 Å². The van der Waals surface area contributed by atoms with Gasteiger partial charge in [0.1, 0.15) is 6.04 Å². The molecule has 5 heteroatoms. The molecule has 2 aromatic carbocycles. The number of likely N-dealkylation sites (tertiary alicyclic amines) is 1. The molecule has 138 valence electrons. The molecule has 2 heterocycles. The Balaban J connectivity index is 1.60. The topological polar surface area (TPSA) is 59.2 Å². The molecule has 1 unspecified atom stereocenters. The van der Waals surface area contributed by atoms with Gasteiger partial charge in [-0.1, -0.05) is 52.7 Å². The van der Waals surface area contributed by atoms with Crippen LogP contribution in [0.4, 0.5) is 0 Å². The number of nitrogens with zero attached hydrogens (tertiary/aromatic N) is 3. The van der Waals surface area contributed by atoms with E-state index in [2.05, 4.69) is 10.1 Å². The Labute approximate surface area is 159 Å². The van der Waals surface area contributed by atoms with Gasteiger partial charge in [-0.3, -0.25) is 4.79 Å². The van der Waals surface area contributed by atoms with E-state index in [1.165, 1.54) is 5.56 Å². The van der Waals surface area contributed by atoms with Crippen molar-refractivity contribution in [3.8, 4) is 11.4 Å². The van der Waals surface area contributed by atoms with Crippen LogP contribution in [-0.2, 0) is 0 Å². The molecule has 0 aliphatic carbocycles. The molecule has 4 rings (SSSR count). The summed E-state index contributed by atoms with van der Waals surface area (Å²) in [6.07, 6.45) is 2.88. The van der Waals surface area contributed by atoms with Gasteiger partial charge >= 0.3 is 0 Å². The van der Waals surface area contributed by atoms with Gasteiger partial charge in [-0.15, -0.1) is 0 Å². The summed E-state index contributed by atoms with van der Waals surface area (Å²) in [7, 11) is 0. The first-order valence-electron chi connectivity index (χ1n) is 9.40. The average molecular weight is 361 g/mol. The SMILES string of the molecule is Cc1ccc(C(=O)N2CCCCC2c2nc(-c3ccc(C)cc3)no2)cc1. The van der Waals surface area contributed by atoms with Gasteiger partial charge in [0.15, 0.2) is 0 Å². The minimum Gasteiger partial charge on any atom is -0.337 e. The minimum atomic E-state index is -0.167. The van der Waals surface area contributed by atoms with E-state index in [0.717, 1.165) is 30.4 Å². The fourth-order valence-electron chi connectivity index (χ4n) is 3.48. The van der Waals surface area contributed by atoms with Crippen molar-refractivity contribution in [2.24, 2.45) is 0 Å². The predicted octanol–water partition coefficient (Wildman–Crippen LogP) is 4.72. The van der Waals surface area contributed by atoms with Gasteiger partial charge in [-0.05, 0) is 45.2 Å². The summed E-state index contributed by atoms with van der Waals surface area (Å²) in [5, 5.41) is 4.15. The number of carbonyl (C=O) groups excluding carboxylic acids is 1. The predicted molar refractivity (Wildman–Crippen MR) is 103 cm³/mol. The largest absolute Gasteiger partial charge is 0.337 e. The molecule has 0 saturated carbocycles. The van der Waals surface area contributed by atoms with Gasteiger partial charge in [-0.2, -0.15) is 4.98 Å². The summed E-state index contributed by atoms with van der Waals surface area (Å²) in [6.45, 7) is 4.77. The van der Waals surface area contributed by atoms with Crippen LogP contribution in [0.3, 0.4) is 0 Å². The van der Waals surface area contributed by atoms with Gasteiger partial charge < -0.3 is 9.42 Å². The second kappa shape index (κ2) is 7.35. The number of benzene rings is 2. The van der Waals surface area contributed by atoms with Gasteiger partial charge in [-0.25, -0.2) is 0 Å². The van der Waals surface area contributed by atoms with Crippen molar-refractivity contribution < 1.29 is 9.32 Å². The average Bonchev–Trinajstić information content (AvgIpc) is 3.19. The number of aromatic nitrogens is 2. The van der Waals surface area contributed by atoms with Crippen LogP contribution in [-0.4, -0.2) is 27.5 Å². The molecule has 3 aromatic rings. The highest BCUT2D eigenvalue weighted by Crippen LogP contribution is 2.32. The highest BCUT2D eigenvalue weighted by atomic mass is 16.5. The fraction of sp³-hybridized carbons (Fsp3) is 0.318. The number of hydrogen-bond acceptors (Lipinski definition) is 4. The van der Waals surface area contributed by atoms with Gasteiger partial charge in [0.25, 0.3) is 5.91 Å². The third kappa shape index (κ3) is 3.63. The van der Waals surface area contributed by atoms with Crippen molar-refractivity contribution in [1.29, 1.82) is 0 Å². The standard InChI is InChI=1S/C22H23N3O2/c1-15-6-10-17(11-7-15)20-23-21(27-24-20)19-5-3-4-14-25(19)22(26)18-12-8-16(2)9-13-18/h6-13,19H,3-5,14H2,1-2H3. The monoisotopic (exact) mass is 361 g/mol. The smallest absolute Gasteiger partial charge is 0.254 e. The molecule has 1 amide bonds. The molecule has 1 fully saturated rings. The first-order valence-corrected chi connectivity index (χ1v) is 9.40. The highest BCUT2D eigenvalue weighted by Gasteiger charge is 2.32. The number of amides is 1. The van der Waals surface area contributed by atoms with Crippen molar-refractivity contribution in [3.63, 3.8) is 0 Å². The normalized spacial score (nSPS) is 17.1. The summed E-state index contributed by atoms with van der Waals surface area (Å²) < 4.78 is 5.57.